The fraction of sp³-hybridized carbons (Fsp3) is 0.286. The summed E-state index contributed by atoms with van der Waals surface area (Å²) in [7, 11) is 0. The van der Waals surface area contributed by atoms with E-state index in [-0.39, 0.29) is 31.0 Å². The number of rotatable bonds is 10. The van der Waals surface area contributed by atoms with E-state index in [0.29, 0.717) is 22.2 Å². The fourth-order valence-electron chi connectivity index (χ4n) is 3.64. The summed E-state index contributed by atoms with van der Waals surface area (Å²) in [5.41, 5.74) is 2.99. The predicted molar refractivity (Wildman–Crippen MR) is 141 cm³/mol. The normalized spacial score (nSPS) is 11.7. The number of carbonyl (C=O) groups excluding carboxylic acids is 2. The average Bonchev–Trinajstić information content (AvgIpc) is 2.82. The van der Waals surface area contributed by atoms with Crippen molar-refractivity contribution in [1.82, 2.24) is 10.2 Å². The molecule has 3 aromatic rings. The van der Waals surface area contributed by atoms with Gasteiger partial charge in [0.15, 0.2) is 6.61 Å². The van der Waals surface area contributed by atoms with Crippen LogP contribution in [0.1, 0.15) is 30.5 Å². The molecular formula is C28H30Cl2N2O3. The highest BCUT2D eigenvalue weighted by molar-refractivity contribution is 6.35. The molecule has 0 aromatic heterocycles. The van der Waals surface area contributed by atoms with E-state index in [0.717, 1.165) is 16.7 Å². The number of benzene rings is 3. The number of carbonyl (C=O) groups is 2. The predicted octanol–water partition coefficient (Wildman–Crippen LogP) is 5.85. The van der Waals surface area contributed by atoms with Crippen molar-refractivity contribution in [2.24, 2.45) is 0 Å². The van der Waals surface area contributed by atoms with Crippen molar-refractivity contribution in [2.75, 3.05) is 6.61 Å². The van der Waals surface area contributed by atoms with Crippen molar-refractivity contribution in [3.63, 3.8) is 0 Å². The van der Waals surface area contributed by atoms with E-state index < -0.39 is 6.04 Å². The molecule has 0 aliphatic heterocycles. The Morgan fingerprint density at radius 3 is 2.26 bits per heavy atom. The molecule has 1 N–H and O–H groups in total. The summed E-state index contributed by atoms with van der Waals surface area (Å²) in [5.74, 6) is -0.184. The number of halogens is 2. The molecule has 0 fully saturated rings. The summed E-state index contributed by atoms with van der Waals surface area (Å²) >= 11 is 12.2. The second kappa shape index (κ2) is 12.6. The molecule has 0 saturated carbocycles. The second-order valence-electron chi connectivity index (χ2n) is 8.74. The summed E-state index contributed by atoms with van der Waals surface area (Å²) in [6.45, 7) is 5.79. The van der Waals surface area contributed by atoms with Gasteiger partial charge in [-0.1, -0.05) is 83.4 Å². The monoisotopic (exact) mass is 512 g/mol. The number of aryl methyl sites for hydroxylation is 1. The van der Waals surface area contributed by atoms with E-state index in [9.17, 15) is 9.59 Å². The van der Waals surface area contributed by atoms with E-state index in [1.165, 1.54) is 0 Å². The standard InChI is InChI=1S/C28H30Cl2N2O3/c1-19(2)31-28(34)25(15-21-7-5-4-6-8-21)32(17-22-11-9-20(3)10-12-22)27(33)18-35-26-14-13-23(29)16-24(26)30/h4-14,16,19,25H,15,17-18H2,1-3H3,(H,31,34). The SMILES string of the molecule is Cc1ccc(CN(C(=O)COc2ccc(Cl)cc2Cl)C(Cc2ccccc2)C(=O)NC(C)C)cc1. The zero-order valence-electron chi connectivity index (χ0n) is 20.1. The Morgan fingerprint density at radius 1 is 0.943 bits per heavy atom. The molecule has 0 heterocycles. The van der Waals surface area contributed by atoms with Crippen LogP contribution in [0.3, 0.4) is 0 Å². The molecule has 7 heteroatoms. The molecule has 1 unspecified atom stereocenters. The molecule has 0 saturated heterocycles. The maximum absolute atomic E-state index is 13.5. The molecule has 184 valence electrons. The third-order valence-electron chi connectivity index (χ3n) is 5.42. The van der Waals surface area contributed by atoms with Gasteiger partial charge in [0.25, 0.3) is 5.91 Å². The Kier molecular flexibility index (Phi) is 9.58. The molecular weight excluding hydrogens is 483 g/mol. The van der Waals surface area contributed by atoms with Crippen molar-refractivity contribution in [1.29, 1.82) is 0 Å². The molecule has 1 atom stereocenters. The van der Waals surface area contributed by atoms with Crippen molar-refractivity contribution >= 4 is 35.0 Å². The van der Waals surface area contributed by atoms with Gasteiger partial charge in [-0.25, -0.2) is 0 Å². The van der Waals surface area contributed by atoms with Gasteiger partial charge in [-0.3, -0.25) is 9.59 Å². The first kappa shape index (κ1) is 26.6. The molecule has 0 aliphatic rings. The Bertz CT molecular complexity index is 1130. The molecule has 0 aliphatic carbocycles. The van der Waals surface area contributed by atoms with Gasteiger partial charge in [0, 0.05) is 24.0 Å². The molecule has 0 radical (unpaired) electrons. The van der Waals surface area contributed by atoms with Gasteiger partial charge < -0.3 is 15.0 Å². The zero-order valence-corrected chi connectivity index (χ0v) is 21.6. The van der Waals surface area contributed by atoms with Gasteiger partial charge in [0.05, 0.1) is 5.02 Å². The smallest absolute Gasteiger partial charge is 0.261 e. The fourth-order valence-corrected chi connectivity index (χ4v) is 4.10. The van der Waals surface area contributed by atoms with E-state index >= 15 is 0 Å². The number of hydrogen-bond acceptors (Lipinski definition) is 3. The van der Waals surface area contributed by atoms with Crippen LogP contribution in [0.25, 0.3) is 0 Å². The van der Waals surface area contributed by atoms with Gasteiger partial charge in [0.2, 0.25) is 5.91 Å². The number of ether oxygens (including phenoxy) is 1. The number of hydrogen-bond donors (Lipinski definition) is 1. The number of nitrogens with one attached hydrogen (secondary N) is 1. The first-order chi connectivity index (χ1) is 16.7. The van der Waals surface area contributed by atoms with Crippen LogP contribution in [0.5, 0.6) is 5.75 Å². The lowest BCUT2D eigenvalue weighted by Gasteiger charge is -2.32. The molecule has 35 heavy (non-hydrogen) atoms. The van der Waals surface area contributed by atoms with Crippen LogP contribution < -0.4 is 10.1 Å². The summed E-state index contributed by atoms with van der Waals surface area (Å²) in [4.78, 5) is 28.5. The first-order valence-electron chi connectivity index (χ1n) is 11.5. The maximum atomic E-state index is 13.5. The Morgan fingerprint density at radius 2 is 1.63 bits per heavy atom. The van der Waals surface area contributed by atoms with Crippen LogP contribution in [0.15, 0.2) is 72.8 Å². The van der Waals surface area contributed by atoms with Gasteiger partial charge >= 0.3 is 0 Å². The highest BCUT2D eigenvalue weighted by Gasteiger charge is 2.31. The van der Waals surface area contributed by atoms with E-state index in [1.807, 2.05) is 75.4 Å². The van der Waals surface area contributed by atoms with E-state index in [2.05, 4.69) is 5.32 Å². The summed E-state index contributed by atoms with van der Waals surface area (Å²) < 4.78 is 5.74. The van der Waals surface area contributed by atoms with Crippen LogP contribution in [0.2, 0.25) is 10.0 Å². The lowest BCUT2D eigenvalue weighted by atomic mass is 10.0. The Labute approximate surface area is 217 Å². The lowest BCUT2D eigenvalue weighted by molar-refractivity contribution is -0.143. The van der Waals surface area contributed by atoms with Crippen molar-refractivity contribution in [3.8, 4) is 5.75 Å². The minimum absolute atomic E-state index is 0.0683. The molecule has 0 spiro atoms. The summed E-state index contributed by atoms with van der Waals surface area (Å²) in [6, 6.07) is 21.6. The Hall–Kier alpha value is -3.02. The van der Waals surface area contributed by atoms with Gasteiger partial charge in [0.1, 0.15) is 11.8 Å². The van der Waals surface area contributed by atoms with E-state index in [1.54, 1.807) is 23.1 Å². The van der Waals surface area contributed by atoms with E-state index in [4.69, 9.17) is 27.9 Å². The van der Waals surface area contributed by atoms with Crippen molar-refractivity contribution in [3.05, 3.63) is 99.5 Å². The molecule has 0 bridgehead atoms. The summed E-state index contributed by atoms with van der Waals surface area (Å²) in [6.07, 6.45) is 0.374. The van der Waals surface area contributed by atoms with Crippen molar-refractivity contribution < 1.29 is 14.3 Å². The first-order valence-corrected chi connectivity index (χ1v) is 12.3. The minimum Gasteiger partial charge on any atom is -0.482 e. The lowest BCUT2D eigenvalue weighted by Crippen LogP contribution is -2.52. The summed E-state index contributed by atoms with van der Waals surface area (Å²) in [5, 5.41) is 3.76. The molecule has 3 rings (SSSR count). The largest absolute Gasteiger partial charge is 0.482 e. The van der Waals surface area contributed by atoms with Crippen LogP contribution in [0, 0.1) is 6.92 Å². The number of amides is 2. The number of nitrogens with zero attached hydrogens (tertiary/aromatic N) is 1. The average molecular weight is 513 g/mol. The maximum Gasteiger partial charge on any atom is 0.261 e. The van der Waals surface area contributed by atoms with Crippen molar-refractivity contribution in [2.45, 2.75) is 45.8 Å². The van der Waals surface area contributed by atoms with Gasteiger partial charge in [-0.2, -0.15) is 0 Å². The third kappa shape index (κ3) is 8.01. The molecule has 2 amide bonds. The van der Waals surface area contributed by atoms with Crippen LogP contribution in [-0.2, 0) is 22.6 Å². The Balaban J connectivity index is 1.91. The van der Waals surface area contributed by atoms with Crippen LogP contribution in [0.4, 0.5) is 0 Å². The van der Waals surface area contributed by atoms with Gasteiger partial charge in [-0.15, -0.1) is 0 Å². The second-order valence-corrected chi connectivity index (χ2v) is 9.58. The molecule has 3 aromatic carbocycles. The minimum atomic E-state index is -0.724. The highest BCUT2D eigenvalue weighted by Crippen LogP contribution is 2.27. The zero-order chi connectivity index (χ0) is 25.4. The third-order valence-corrected chi connectivity index (χ3v) is 5.95. The van der Waals surface area contributed by atoms with Crippen LogP contribution >= 0.6 is 23.2 Å². The quantitative estimate of drug-likeness (QED) is 0.370. The topological polar surface area (TPSA) is 58.6 Å². The highest BCUT2D eigenvalue weighted by atomic mass is 35.5. The van der Waals surface area contributed by atoms with Gasteiger partial charge in [-0.05, 0) is 50.1 Å². The molecule has 5 nitrogen and oxygen atoms in total. The van der Waals surface area contributed by atoms with Crippen LogP contribution in [-0.4, -0.2) is 35.4 Å².